The second kappa shape index (κ2) is 13.9. The fourth-order valence-corrected chi connectivity index (χ4v) is 3.28. The molecule has 2 atom stereocenters. The average molecular weight is 563 g/mol. The highest BCUT2D eigenvalue weighted by Crippen LogP contribution is 2.15. The third-order valence-electron chi connectivity index (χ3n) is 5.46. The first-order valence-electron chi connectivity index (χ1n) is 11.2. The standard InChI is InChI=1S/C25H34N6O.HI/c1-19(22-12-7-5-8-13-22)28-25(27-18-24-30-29-21(3)31(24)4)26-16-11-17-32-20(2)23-14-9-6-10-15-23;/h5-10,12-15,19-20H,11,16-18H2,1-4H3,(H2,26,27,28);1H. The minimum atomic E-state index is 0. The molecule has 1 heterocycles. The number of aromatic nitrogens is 3. The highest BCUT2D eigenvalue weighted by Gasteiger charge is 2.10. The van der Waals surface area contributed by atoms with Crippen molar-refractivity contribution < 1.29 is 4.74 Å². The lowest BCUT2D eigenvalue weighted by atomic mass is 10.1. The number of nitrogens with zero attached hydrogens (tertiary/aromatic N) is 4. The zero-order valence-electron chi connectivity index (χ0n) is 19.9. The molecule has 3 rings (SSSR count). The van der Waals surface area contributed by atoms with Gasteiger partial charge < -0.3 is 19.9 Å². The van der Waals surface area contributed by atoms with Gasteiger partial charge in [0, 0.05) is 20.2 Å². The Morgan fingerprint density at radius 2 is 1.64 bits per heavy atom. The van der Waals surface area contributed by atoms with Gasteiger partial charge >= 0.3 is 0 Å². The number of guanidine groups is 1. The smallest absolute Gasteiger partial charge is 0.192 e. The van der Waals surface area contributed by atoms with Crippen LogP contribution in [0.2, 0.25) is 0 Å². The van der Waals surface area contributed by atoms with Gasteiger partial charge in [0.25, 0.3) is 0 Å². The van der Waals surface area contributed by atoms with Crippen LogP contribution in [0.4, 0.5) is 0 Å². The van der Waals surface area contributed by atoms with Crippen LogP contribution in [0.3, 0.4) is 0 Å². The summed E-state index contributed by atoms with van der Waals surface area (Å²) in [5, 5.41) is 15.3. The molecule has 0 bridgehead atoms. The van der Waals surface area contributed by atoms with Gasteiger partial charge in [-0.05, 0) is 38.3 Å². The molecule has 2 N–H and O–H groups in total. The second-order valence-electron chi connectivity index (χ2n) is 7.87. The van der Waals surface area contributed by atoms with Crippen LogP contribution in [0.15, 0.2) is 65.7 Å². The van der Waals surface area contributed by atoms with Crippen molar-refractivity contribution in [1.82, 2.24) is 25.4 Å². The minimum absolute atomic E-state index is 0. The zero-order chi connectivity index (χ0) is 22.8. The normalized spacial score (nSPS) is 13.2. The molecule has 0 fully saturated rings. The summed E-state index contributed by atoms with van der Waals surface area (Å²) in [4.78, 5) is 4.74. The van der Waals surface area contributed by atoms with Gasteiger partial charge in [0.05, 0.1) is 12.1 Å². The second-order valence-corrected chi connectivity index (χ2v) is 7.87. The lowest BCUT2D eigenvalue weighted by Gasteiger charge is -2.19. The van der Waals surface area contributed by atoms with E-state index in [9.17, 15) is 0 Å². The van der Waals surface area contributed by atoms with Crippen LogP contribution in [0.1, 0.15) is 55.2 Å². The number of hydrogen-bond donors (Lipinski definition) is 2. The van der Waals surface area contributed by atoms with Crippen molar-refractivity contribution in [2.75, 3.05) is 13.2 Å². The van der Waals surface area contributed by atoms with Crippen molar-refractivity contribution in [1.29, 1.82) is 0 Å². The Kier molecular flexibility index (Phi) is 11.3. The summed E-state index contributed by atoms with van der Waals surface area (Å²) in [6, 6.07) is 20.8. The summed E-state index contributed by atoms with van der Waals surface area (Å²) in [7, 11) is 1.96. The van der Waals surface area contributed by atoms with Gasteiger partial charge in [-0.15, -0.1) is 34.2 Å². The van der Waals surface area contributed by atoms with Crippen LogP contribution in [0.25, 0.3) is 0 Å². The summed E-state index contributed by atoms with van der Waals surface area (Å²) in [6.45, 7) is 8.03. The molecule has 0 aliphatic rings. The van der Waals surface area contributed by atoms with E-state index in [1.54, 1.807) is 0 Å². The maximum absolute atomic E-state index is 5.99. The van der Waals surface area contributed by atoms with Gasteiger partial charge in [0.1, 0.15) is 12.4 Å². The van der Waals surface area contributed by atoms with Gasteiger partial charge in [0.15, 0.2) is 11.8 Å². The van der Waals surface area contributed by atoms with E-state index in [1.807, 2.05) is 54.9 Å². The van der Waals surface area contributed by atoms with E-state index in [-0.39, 0.29) is 36.1 Å². The summed E-state index contributed by atoms with van der Waals surface area (Å²) >= 11 is 0. The number of hydrogen-bond acceptors (Lipinski definition) is 4. The van der Waals surface area contributed by atoms with Gasteiger partial charge in [-0.3, -0.25) is 0 Å². The summed E-state index contributed by atoms with van der Waals surface area (Å²) in [5.74, 6) is 2.45. The molecule has 0 spiro atoms. The van der Waals surface area contributed by atoms with Crippen LogP contribution < -0.4 is 10.6 Å². The highest BCUT2D eigenvalue weighted by atomic mass is 127. The average Bonchev–Trinajstić information content (AvgIpc) is 3.15. The number of benzene rings is 2. The topological polar surface area (TPSA) is 76.4 Å². The molecule has 0 aliphatic heterocycles. The SMILES string of the molecule is Cc1nnc(CN=C(NCCCOC(C)c2ccccc2)NC(C)c2ccccc2)n1C.I. The fourth-order valence-electron chi connectivity index (χ4n) is 3.28. The van der Waals surface area contributed by atoms with Crippen LogP contribution in [-0.4, -0.2) is 33.9 Å². The van der Waals surface area contributed by atoms with Crippen LogP contribution >= 0.6 is 24.0 Å². The molecule has 2 unspecified atom stereocenters. The number of nitrogens with one attached hydrogen (secondary N) is 2. The first kappa shape index (κ1) is 26.8. The van der Waals surface area contributed by atoms with E-state index in [0.717, 1.165) is 30.6 Å². The van der Waals surface area contributed by atoms with Gasteiger partial charge in [-0.1, -0.05) is 60.7 Å². The molecule has 0 radical (unpaired) electrons. The van der Waals surface area contributed by atoms with E-state index in [1.165, 1.54) is 11.1 Å². The first-order chi connectivity index (χ1) is 15.5. The van der Waals surface area contributed by atoms with Crippen molar-refractivity contribution >= 4 is 29.9 Å². The van der Waals surface area contributed by atoms with Crippen LogP contribution in [-0.2, 0) is 18.3 Å². The molecule has 178 valence electrons. The number of rotatable bonds is 10. The van der Waals surface area contributed by atoms with E-state index in [2.05, 4.69) is 58.9 Å². The van der Waals surface area contributed by atoms with E-state index < -0.39 is 0 Å². The monoisotopic (exact) mass is 562 g/mol. The molecule has 8 heteroatoms. The number of ether oxygens (including phenoxy) is 1. The third-order valence-corrected chi connectivity index (χ3v) is 5.46. The first-order valence-corrected chi connectivity index (χ1v) is 11.2. The van der Waals surface area contributed by atoms with Gasteiger partial charge in [0.2, 0.25) is 0 Å². The van der Waals surface area contributed by atoms with E-state index in [0.29, 0.717) is 13.2 Å². The van der Waals surface area contributed by atoms with Crippen molar-refractivity contribution in [3.63, 3.8) is 0 Å². The highest BCUT2D eigenvalue weighted by molar-refractivity contribution is 14.0. The third kappa shape index (κ3) is 8.43. The predicted molar refractivity (Wildman–Crippen MR) is 144 cm³/mol. The maximum atomic E-state index is 5.99. The predicted octanol–water partition coefficient (Wildman–Crippen LogP) is 4.71. The van der Waals surface area contributed by atoms with E-state index >= 15 is 0 Å². The molecular weight excluding hydrogens is 527 g/mol. The Labute approximate surface area is 214 Å². The Bertz CT molecular complexity index is 977. The molecule has 2 aromatic carbocycles. The van der Waals surface area contributed by atoms with E-state index in [4.69, 9.17) is 9.73 Å². The number of halogens is 1. The minimum Gasteiger partial charge on any atom is -0.374 e. The lowest BCUT2D eigenvalue weighted by Crippen LogP contribution is -2.39. The molecular formula is C25H35IN6O. The molecule has 7 nitrogen and oxygen atoms in total. The molecule has 3 aromatic rings. The number of aliphatic imine (C=N–C) groups is 1. The van der Waals surface area contributed by atoms with Crippen molar-refractivity contribution in [2.24, 2.45) is 12.0 Å². The summed E-state index contributed by atoms with van der Waals surface area (Å²) in [6.07, 6.45) is 0.959. The van der Waals surface area contributed by atoms with Crippen LogP contribution in [0.5, 0.6) is 0 Å². The molecule has 0 saturated carbocycles. The molecule has 0 aliphatic carbocycles. The summed E-state index contributed by atoms with van der Waals surface area (Å²) < 4.78 is 7.95. The molecule has 33 heavy (non-hydrogen) atoms. The fraction of sp³-hybridized carbons (Fsp3) is 0.400. The Morgan fingerprint density at radius 1 is 1.00 bits per heavy atom. The molecule has 1 aromatic heterocycles. The largest absolute Gasteiger partial charge is 0.374 e. The van der Waals surface area contributed by atoms with Gasteiger partial charge in [-0.2, -0.15) is 0 Å². The lowest BCUT2D eigenvalue weighted by molar-refractivity contribution is 0.0646. The van der Waals surface area contributed by atoms with Crippen LogP contribution in [0, 0.1) is 6.92 Å². The van der Waals surface area contributed by atoms with Crippen molar-refractivity contribution in [3.8, 4) is 0 Å². The Balaban J connectivity index is 0.00000385. The zero-order valence-corrected chi connectivity index (χ0v) is 22.2. The molecule has 0 amide bonds. The maximum Gasteiger partial charge on any atom is 0.192 e. The van der Waals surface area contributed by atoms with Crippen molar-refractivity contribution in [2.45, 2.75) is 45.9 Å². The quantitative estimate of drug-likeness (QED) is 0.162. The van der Waals surface area contributed by atoms with Crippen molar-refractivity contribution in [3.05, 3.63) is 83.4 Å². The Morgan fingerprint density at radius 3 is 2.24 bits per heavy atom. The molecule has 0 saturated heterocycles. The van der Waals surface area contributed by atoms with Gasteiger partial charge in [-0.25, -0.2) is 4.99 Å². The summed E-state index contributed by atoms with van der Waals surface area (Å²) in [5.41, 5.74) is 2.40. The number of aryl methyl sites for hydroxylation is 1. The Hall–Kier alpha value is -2.46.